The van der Waals surface area contributed by atoms with Crippen molar-refractivity contribution in [2.24, 2.45) is 11.7 Å². The highest BCUT2D eigenvalue weighted by Gasteiger charge is 2.29. The Bertz CT molecular complexity index is 647. The zero-order chi connectivity index (χ0) is 20.4. The molecule has 1 saturated carbocycles. The van der Waals surface area contributed by atoms with Crippen LogP contribution in [0.25, 0.3) is 0 Å². The van der Waals surface area contributed by atoms with Gasteiger partial charge in [-0.25, -0.2) is 4.79 Å². The van der Waals surface area contributed by atoms with Crippen molar-refractivity contribution >= 4 is 17.9 Å². The summed E-state index contributed by atoms with van der Waals surface area (Å²) in [6, 6.07) is 8.48. The van der Waals surface area contributed by atoms with E-state index in [2.05, 4.69) is 10.6 Å². The molecule has 0 aliphatic heterocycles. The Labute approximate surface area is 164 Å². The molecular formula is C20H29N3O5. The molecule has 0 spiro atoms. The lowest BCUT2D eigenvalue weighted by molar-refractivity contribution is -0.130. The number of alkyl carbamates (subject to hydrolysis) is 1. The molecule has 154 valence electrons. The number of aliphatic hydroxyl groups excluding tert-OH is 1. The topological polar surface area (TPSA) is 131 Å². The van der Waals surface area contributed by atoms with E-state index in [9.17, 15) is 19.5 Å². The van der Waals surface area contributed by atoms with E-state index < -0.39 is 30.1 Å². The number of hydrogen-bond acceptors (Lipinski definition) is 5. The van der Waals surface area contributed by atoms with E-state index in [1.165, 1.54) is 0 Å². The molecule has 0 unspecified atom stereocenters. The molecule has 0 bridgehead atoms. The first kappa shape index (κ1) is 21.7. The molecule has 0 aromatic heterocycles. The van der Waals surface area contributed by atoms with Crippen LogP contribution in [0.5, 0.6) is 0 Å². The maximum absolute atomic E-state index is 12.1. The van der Waals surface area contributed by atoms with E-state index in [-0.39, 0.29) is 25.5 Å². The highest BCUT2D eigenvalue weighted by Crippen LogP contribution is 2.26. The highest BCUT2D eigenvalue weighted by atomic mass is 16.5. The molecule has 0 radical (unpaired) electrons. The Kier molecular flexibility index (Phi) is 8.74. The predicted molar refractivity (Wildman–Crippen MR) is 103 cm³/mol. The summed E-state index contributed by atoms with van der Waals surface area (Å²) in [7, 11) is 0. The van der Waals surface area contributed by atoms with Crippen molar-refractivity contribution in [3.63, 3.8) is 0 Å². The van der Waals surface area contributed by atoms with Crippen molar-refractivity contribution in [2.75, 3.05) is 6.54 Å². The maximum atomic E-state index is 12.1. The molecule has 0 heterocycles. The molecule has 0 saturated heterocycles. The van der Waals surface area contributed by atoms with Gasteiger partial charge in [-0.2, -0.15) is 0 Å². The van der Waals surface area contributed by atoms with E-state index in [1.807, 2.05) is 30.3 Å². The van der Waals surface area contributed by atoms with Crippen LogP contribution in [0.1, 0.15) is 44.1 Å². The van der Waals surface area contributed by atoms with E-state index in [4.69, 9.17) is 10.5 Å². The van der Waals surface area contributed by atoms with Crippen LogP contribution in [0.2, 0.25) is 0 Å². The van der Waals surface area contributed by atoms with E-state index in [0.717, 1.165) is 37.7 Å². The molecular weight excluding hydrogens is 362 g/mol. The molecule has 2 atom stereocenters. The lowest BCUT2D eigenvalue weighted by atomic mass is 9.83. The van der Waals surface area contributed by atoms with E-state index >= 15 is 0 Å². The quantitative estimate of drug-likeness (QED) is 0.503. The van der Waals surface area contributed by atoms with Gasteiger partial charge in [0.15, 0.2) is 0 Å². The van der Waals surface area contributed by atoms with Crippen LogP contribution in [0.4, 0.5) is 4.79 Å². The Balaban J connectivity index is 1.69. The predicted octanol–water partition coefficient (Wildman–Crippen LogP) is 1.21. The number of hydrogen-bond donors (Lipinski definition) is 4. The van der Waals surface area contributed by atoms with Gasteiger partial charge in [0.2, 0.25) is 11.8 Å². The fourth-order valence-corrected chi connectivity index (χ4v) is 3.38. The van der Waals surface area contributed by atoms with Gasteiger partial charge in [-0.1, -0.05) is 49.6 Å². The number of aliphatic hydroxyl groups is 1. The zero-order valence-electron chi connectivity index (χ0n) is 15.9. The lowest BCUT2D eigenvalue weighted by Gasteiger charge is -2.29. The Morgan fingerprint density at radius 1 is 1.14 bits per heavy atom. The number of ether oxygens (including phenoxy) is 1. The van der Waals surface area contributed by atoms with Crippen LogP contribution in [0.15, 0.2) is 30.3 Å². The molecule has 1 aromatic carbocycles. The summed E-state index contributed by atoms with van der Waals surface area (Å²) in [4.78, 5) is 35.5. The molecule has 8 nitrogen and oxygen atoms in total. The van der Waals surface area contributed by atoms with Crippen molar-refractivity contribution in [1.29, 1.82) is 0 Å². The molecule has 1 aliphatic rings. The van der Waals surface area contributed by atoms with Gasteiger partial charge in [0, 0.05) is 6.54 Å². The Morgan fingerprint density at radius 2 is 1.82 bits per heavy atom. The number of carbonyl (C=O) groups excluding carboxylic acids is 3. The summed E-state index contributed by atoms with van der Waals surface area (Å²) in [5, 5.41) is 15.0. The summed E-state index contributed by atoms with van der Waals surface area (Å²) in [5.74, 6) is -0.989. The van der Waals surface area contributed by atoms with E-state index in [1.54, 1.807) is 0 Å². The average Bonchev–Trinajstić information content (AvgIpc) is 2.70. The second kappa shape index (κ2) is 11.3. The Morgan fingerprint density at radius 3 is 2.46 bits per heavy atom. The molecule has 5 N–H and O–H groups in total. The number of carbonyl (C=O) groups is 3. The van der Waals surface area contributed by atoms with Gasteiger partial charge in [-0.05, 0) is 24.3 Å². The summed E-state index contributed by atoms with van der Waals surface area (Å²) < 4.78 is 5.04. The van der Waals surface area contributed by atoms with Crippen LogP contribution in [-0.2, 0) is 20.9 Å². The second-order valence-electron chi connectivity index (χ2n) is 7.15. The molecule has 3 amide bonds. The third kappa shape index (κ3) is 7.56. The van der Waals surface area contributed by atoms with Gasteiger partial charge in [-0.15, -0.1) is 0 Å². The number of rotatable bonds is 9. The fraction of sp³-hybridized carbons (Fsp3) is 0.550. The molecule has 8 heteroatoms. The van der Waals surface area contributed by atoms with Crippen LogP contribution in [0, 0.1) is 5.92 Å². The minimum absolute atomic E-state index is 0.0402. The first-order valence-corrected chi connectivity index (χ1v) is 9.67. The fourth-order valence-electron chi connectivity index (χ4n) is 3.38. The van der Waals surface area contributed by atoms with Gasteiger partial charge in [-0.3, -0.25) is 9.59 Å². The number of nitrogens with two attached hydrogens (primary N) is 1. The van der Waals surface area contributed by atoms with Crippen molar-refractivity contribution in [3.05, 3.63) is 35.9 Å². The van der Waals surface area contributed by atoms with Crippen molar-refractivity contribution in [2.45, 2.75) is 57.3 Å². The monoisotopic (exact) mass is 391 g/mol. The first-order chi connectivity index (χ1) is 13.5. The summed E-state index contributed by atoms with van der Waals surface area (Å²) in [5.41, 5.74) is 6.28. The highest BCUT2D eigenvalue weighted by molar-refractivity contribution is 5.87. The van der Waals surface area contributed by atoms with Crippen molar-refractivity contribution < 1.29 is 24.2 Å². The number of amides is 3. The number of benzene rings is 1. The van der Waals surface area contributed by atoms with Crippen LogP contribution in [0.3, 0.4) is 0 Å². The average molecular weight is 391 g/mol. The van der Waals surface area contributed by atoms with Gasteiger partial charge in [0.25, 0.3) is 0 Å². The smallest absolute Gasteiger partial charge is 0.407 e. The zero-order valence-corrected chi connectivity index (χ0v) is 15.9. The number of primary amides is 1. The lowest BCUT2D eigenvalue weighted by Crippen LogP contribution is -2.50. The third-order valence-electron chi connectivity index (χ3n) is 4.86. The first-order valence-electron chi connectivity index (χ1n) is 9.67. The Hall–Kier alpha value is -2.61. The second-order valence-corrected chi connectivity index (χ2v) is 7.15. The van der Waals surface area contributed by atoms with E-state index in [0.29, 0.717) is 0 Å². The molecule has 1 aliphatic carbocycles. The minimum Gasteiger partial charge on any atom is -0.445 e. The maximum Gasteiger partial charge on any atom is 0.407 e. The summed E-state index contributed by atoms with van der Waals surface area (Å²) in [6.07, 6.45) is 2.85. The van der Waals surface area contributed by atoms with Gasteiger partial charge >= 0.3 is 6.09 Å². The molecule has 28 heavy (non-hydrogen) atoms. The molecule has 1 fully saturated rings. The summed E-state index contributed by atoms with van der Waals surface area (Å²) in [6.45, 7) is -0.0172. The van der Waals surface area contributed by atoms with Gasteiger partial charge in [0.05, 0.1) is 12.5 Å². The van der Waals surface area contributed by atoms with Gasteiger partial charge in [0.1, 0.15) is 12.6 Å². The SMILES string of the molecule is NC(=O)[C@H](NC(=O)C[C@H](O)CNC(=O)OCc1ccccc1)C1CCCCC1. The van der Waals surface area contributed by atoms with Crippen LogP contribution in [-0.4, -0.2) is 41.7 Å². The standard InChI is InChI=1S/C20H29N3O5/c21-19(26)18(15-9-5-2-6-10-15)23-17(25)11-16(24)12-22-20(27)28-13-14-7-3-1-4-8-14/h1,3-4,7-8,15-16,18,24H,2,5-6,9-13H2,(H2,21,26)(H,22,27)(H,23,25)/t16-,18+/m0/s1. The van der Waals surface area contributed by atoms with Gasteiger partial charge < -0.3 is 26.2 Å². The molecule has 2 rings (SSSR count). The van der Waals surface area contributed by atoms with Crippen molar-refractivity contribution in [3.8, 4) is 0 Å². The van der Waals surface area contributed by atoms with Crippen LogP contribution < -0.4 is 16.4 Å². The van der Waals surface area contributed by atoms with Crippen LogP contribution >= 0.6 is 0 Å². The molecule has 1 aromatic rings. The normalized spacial score (nSPS) is 16.6. The minimum atomic E-state index is -1.09. The third-order valence-corrected chi connectivity index (χ3v) is 4.86. The number of nitrogens with one attached hydrogen (secondary N) is 2. The summed E-state index contributed by atoms with van der Waals surface area (Å²) >= 11 is 0. The largest absolute Gasteiger partial charge is 0.445 e. The van der Waals surface area contributed by atoms with Crippen molar-refractivity contribution in [1.82, 2.24) is 10.6 Å².